The monoisotopic (exact) mass is 246 g/mol. The van der Waals surface area contributed by atoms with Crippen molar-refractivity contribution >= 4 is 34.1 Å². The van der Waals surface area contributed by atoms with Crippen LogP contribution in [0, 0.1) is 0 Å². The van der Waals surface area contributed by atoms with Crippen molar-refractivity contribution in [2.24, 2.45) is 0 Å². The van der Waals surface area contributed by atoms with E-state index in [0.717, 1.165) is 10.9 Å². The summed E-state index contributed by atoms with van der Waals surface area (Å²) in [4.78, 5) is 14.9. The number of fused-ring (bicyclic) bond motifs is 3. The molecule has 2 aromatic heterocycles. The summed E-state index contributed by atoms with van der Waals surface area (Å²) in [6.45, 7) is 0. The smallest absolute Gasteiger partial charge is 0.356 e. The van der Waals surface area contributed by atoms with Gasteiger partial charge >= 0.3 is 5.97 Å². The molecule has 0 bridgehead atoms. The van der Waals surface area contributed by atoms with Crippen molar-refractivity contribution in [3.63, 3.8) is 0 Å². The highest BCUT2D eigenvalue weighted by Crippen LogP contribution is 2.24. The second kappa shape index (κ2) is 3.46. The highest BCUT2D eigenvalue weighted by Gasteiger charge is 2.10. The van der Waals surface area contributed by atoms with E-state index in [0.29, 0.717) is 10.7 Å². The number of pyridine rings is 1. The van der Waals surface area contributed by atoms with Crippen molar-refractivity contribution in [1.82, 2.24) is 9.38 Å². The van der Waals surface area contributed by atoms with Crippen LogP contribution in [0.5, 0.6) is 0 Å². The fourth-order valence-corrected chi connectivity index (χ4v) is 2.10. The van der Waals surface area contributed by atoms with Crippen LogP contribution < -0.4 is 0 Å². The first-order valence-corrected chi connectivity index (χ1v) is 5.34. The van der Waals surface area contributed by atoms with Crippen molar-refractivity contribution in [1.29, 1.82) is 0 Å². The van der Waals surface area contributed by atoms with E-state index in [4.69, 9.17) is 16.7 Å². The Labute approximate surface area is 101 Å². The molecule has 0 atom stereocenters. The first-order chi connectivity index (χ1) is 8.16. The third-order valence-electron chi connectivity index (χ3n) is 2.64. The number of benzene rings is 1. The van der Waals surface area contributed by atoms with E-state index in [2.05, 4.69) is 4.98 Å². The number of carboxylic acids is 1. The molecule has 1 aromatic carbocycles. The molecule has 0 aliphatic carbocycles. The van der Waals surface area contributed by atoms with Crippen LogP contribution in [0.2, 0.25) is 5.02 Å². The quantitative estimate of drug-likeness (QED) is 0.718. The van der Waals surface area contributed by atoms with E-state index in [1.807, 2.05) is 18.2 Å². The third-order valence-corrected chi connectivity index (χ3v) is 2.97. The number of halogens is 1. The molecule has 0 radical (unpaired) electrons. The maximum Gasteiger partial charge on any atom is 0.356 e. The summed E-state index contributed by atoms with van der Waals surface area (Å²) in [5.41, 5.74) is 1.46. The summed E-state index contributed by atoms with van der Waals surface area (Å²) in [7, 11) is 0. The average Bonchev–Trinajstić information content (AvgIpc) is 2.73. The average molecular weight is 247 g/mol. The molecule has 3 aromatic rings. The van der Waals surface area contributed by atoms with E-state index in [9.17, 15) is 4.79 Å². The van der Waals surface area contributed by atoms with E-state index in [1.54, 1.807) is 16.5 Å². The predicted octanol–water partition coefficient (Wildman–Crippen LogP) is 2.84. The minimum Gasteiger partial charge on any atom is -0.476 e. The van der Waals surface area contributed by atoms with Gasteiger partial charge in [-0.2, -0.15) is 0 Å². The van der Waals surface area contributed by atoms with Crippen LogP contribution in [-0.4, -0.2) is 20.5 Å². The van der Waals surface area contributed by atoms with Gasteiger partial charge < -0.3 is 5.11 Å². The predicted molar refractivity (Wildman–Crippen MR) is 64.7 cm³/mol. The summed E-state index contributed by atoms with van der Waals surface area (Å²) >= 11 is 6.08. The Bertz CT molecular complexity index is 749. The van der Waals surface area contributed by atoms with Gasteiger partial charge in [0.25, 0.3) is 0 Å². The van der Waals surface area contributed by atoms with Gasteiger partial charge in [0, 0.05) is 16.6 Å². The van der Waals surface area contributed by atoms with Crippen molar-refractivity contribution in [3.8, 4) is 0 Å². The molecule has 0 amide bonds. The fourth-order valence-electron chi connectivity index (χ4n) is 1.87. The van der Waals surface area contributed by atoms with Crippen LogP contribution in [0.1, 0.15) is 10.5 Å². The summed E-state index contributed by atoms with van der Waals surface area (Å²) in [5, 5.41) is 10.4. The number of rotatable bonds is 1. The lowest BCUT2D eigenvalue weighted by Crippen LogP contribution is -1.94. The SMILES string of the molecule is O=C(O)c1cn2c(ccc3c(Cl)cccc32)n1. The topological polar surface area (TPSA) is 54.6 Å². The van der Waals surface area contributed by atoms with E-state index in [-0.39, 0.29) is 5.69 Å². The lowest BCUT2D eigenvalue weighted by molar-refractivity contribution is 0.0691. The van der Waals surface area contributed by atoms with Gasteiger partial charge in [0.15, 0.2) is 5.69 Å². The second-order valence-electron chi connectivity index (χ2n) is 3.67. The Morgan fingerprint density at radius 1 is 1.29 bits per heavy atom. The molecule has 0 saturated heterocycles. The molecule has 0 fully saturated rings. The first kappa shape index (κ1) is 10.1. The molecule has 17 heavy (non-hydrogen) atoms. The zero-order valence-electron chi connectivity index (χ0n) is 8.59. The molecule has 0 unspecified atom stereocenters. The Balaban J connectivity index is 2.47. The number of carbonyl (C=O) groups is 1. The first-order valence-electron chi connectivity index (χ1n) is 4.96. The van der Waals surface area contributed by atoms with Gasteiger partial charge in [0.1, 0.15) is 5.65 Å². The van der Waals surface area contributed by atoms with Crippen molar-refractivity contribution in [3.05, 3.63) is 47.2 Å². The van der Waals surface area contributed by atoms with Crippen molar-refractivity contribution in [2.75, 3.05) is 0 Å². The largest absolute Gasteiger partial charge is 0.476 e. The molecular formula is C12H7ClN2O2. The van der Waals surface area contributed by atoms with Gasteiger partial charge in [-0.25, -0.2) is 9.78 Å². The molecule has 1 N–H and O–H groups in total. The molecule has 3 rings (SSSR count). The number of imidazole rings is 1. The molecule has 0 spiro atoms. The van der Waals surface area contributed by atoms with Gasteiger partial charge in [0.2, 0.25) is 0 Å². The Morgan fingerprint density at radius 3 is 2.88 bits per heavy atom. The van der Waals surface area contributed by atoms with Crippen LogP contribution in [0.15, 0.2) is 36.5 Å². The lowest BCUT2D eigenvalue weighted by atomic mass is 10.2. The number of hydrogen-bond donors (Lipinski definition) is 1. The van der Waals surface area contributed by atoms with Crippen molar-refractivity contribution < 1.29 is 9.90 Å². The van der Waals surface area contributed by atoms with Crippen LogP contribution in [-0.2, 0) is 0 Å². The Kier molecular flexibility index (Phi) is 2.06. The molecule has 0 aliphatic rings. The summed E-state index contributed by atoms with van der Waals surface area (Å²) in [6.07, 6.45) is 1.50. The number of aromatic nitrogens is 2. The molecule has 4 nitrogen and oxygen atoms in total. The molecule has 0 saturated carbocycles. The van der Waals surface area contributed by atoms with Gasteiger partial charge in [-0.15, -0.1) is 0 Å². The molecule has 0 aliphatic heterocycles. The zero-order chi connectivity index (χ0) is 12.0. The third kappa shape index (κ3) is 1.45. The Morgan fingerprint density at radius 2 is 2.12 bits per heavy atom. The van der Waals surface area contributed by atoms with E-state index in [1.165, 1.54) is 6.20 Å². The van der Waals surface area contributed by atoms with Crippen LogP contribution in [0.25, 0.3) is 16.6 Å². The molecule has 84 valence electrons. The van der Waals surface area contributed by atoms with E-state index >= 15 is 0 Å². The summed E-state index contributed by atoms with van der Waals surface area (Å²) in [6, 6.07) is 9.09. The molecular weight excluding hydrogens is 240 g/mol. The highest BCUT2D eigenvalue weighted by molar-refractivity contribution is 6.35. The lowest BCUT2D eigenvalue weighted by Gasteiger charge is -2.02. The van der Waals surface area contributed by atoms with Gasteiger partial charge in [-0.1, -0.05) is 17.7 Å². The van der Waals surface area contributed by atoms with Gasteiger partial charge in [-0.3, -0.25) is 4.40 Å². The van der Waals surface area contributed by atoms with Crippen LogP contribution in [0.3, 0.4) is 0 Å². The maximum atomic E-state index is 10.9. The number of hydrogen-bond acceptors (Lipinski definition) is 2. The number of carboxylic acid groups (broad SMARTS) is 1. The van der Waals surface area contributed by atoms with Crippen LogP contribution >= 0.6 is 11.6 Å². The Hall–Kier alpha value is -2.07. The second-order valence-corrected chi connectivity index (χ2v) is 4.07. The van der Waals surface area contributed by atoms with Crippen molar-refractivity contribution in [2.45, 2.75) is 0 Å². The number of aromatic carboxylic acids is 1. The standard InChI is InChI=1S/C12H7ClN2O2/c13-8-2-1-3-10-7(8)4-5-11-14-9(12(16)17)6-15(10)11/h1-6H,(H,16,17). The molecule has 5 heteroatoms. The summed E-state index contributed by atoms with van der Waals surface area (Å²) < 4.78 is 1.73. The van der Waals surface area contributed by atoms with Crippen LogP contribution in [0.4, 0.5) is 0 Å². The maximum absolute atomic E-state index is 10.9. The fraction of sp³-hybridized carbons (Fsp3) is 0. The van der Waals surface area contributed by atoms with Gasteiger partial charge in [-0.05, 0) is 24.3 Å². The minimum absolute atomic E-state index is 0.0254. The molecule has 2 heterocycles. The van der Waals surface area contributed by atoms with Gasteiger partial charge in [0.05, 0.1) is 5.52 Å². The normalized spacial score (nSPS) is 11.1. The zero-order valence-corrected chi connectivity index (χ0v) is 9.35. The minimum atomic E-state index is -1.04. The van der Waals surface area contributed by atoms with E-state index < -0.39 is 5.97 Å². The summed E-state index contributed by atoms with van der Waals surface area (Å²) in [5.74, 6) is -1.04. The number of nitrogens with zero attached hydrogens (tertiary/aromatic N) is 2. The highest BCUT2D eigenvalue weighted by atomic mass is 35.5.